The third-order valence-electron chi connectivity index (χ3n) is 2.63. The molecule has 1 N–H and O–H groups in total. The van der Waals surface area contributed by atoms with Crippen LogP contribution in [0, 0.1) is 5.82 Å². The molecule has 1 aromatic carbocycles. The summed E-state index contributed by atoms with van der Waals surface area (Å²) >= 11 is 3.04. The van der Waals surface area contributed by atoms with Crippen LogP contribution in [0.1, 0.15) is 5.82 Å². The van der Waals surface area contributed by atoms with Gasteiger partial charge >= 0.3 is 0 Å². The summed E-state index contributed by atoms with van der Waals surface area (Å²) in [5.74, 6) is 0.167. The van der Waals surface area contributed by atoms with Crippen LogP contribution in [-0.4, -0.2) is 29.7 Å². The molecule has 0 saturated heterocycles. The van der Waals surface area contributed by atoms with Crippen LogP contribution in [0.2, 0.25) is 0 Å². The first kappa shape index (κ1) is 15.1. The van der Waals surface area contributed by atoms with Crippen molar-refractivity contribution in [1.82, 2.24) is 19.5 Å². The van der Waals surface area contributed by atoms with Crippen molar-refractivity contribution in [2.24, 2.45) is 7.05 Å². The molecular formula is C11H12BrFN4O2S. The Hall–Kier alpha value is -1.32. The molecule has 0 fully saturated rings. The second-order valence-electron chi connectivity index (χ2n) is 4.08. The number of hydrogen-bond donors (Lipinski definition) is 1. The summed E-state index contributed by atoms with van der Waals surface area (Å²) < 4.78 is 41.4. The number of nitrogens with zero attached hydrogens (tertiary/aromatic N) is 3. The quantitative estimate of drug-likeness (QED) is 0.867. The van der Waals surface area contributed by atoms with E-state index in [0.29, 0.717) is 12.2 Å². The normalized spacial score (nSPS) is 11.8. The molecule has 6 nitrogen and oxygen atoms in total. The average Bonchev–Trinajstić information content (AvgIpc) is 2.74. The minimum Gasteiger partial charge on any atom is -0.321 e. The molecule has 9 heteroatoms. The summed E-state index contributed by atoms with van der Waals surface area (Å²) in [6.07, 6.45) is 1.95. The molecule has 2 aromatic rings. The Morgan fingerprint density at radius 2 is 2.20 bits per heavy atom. The van der Waals surface area contributed by atoms with E-state index in [1.807, 2.05) is 0 Å². The van der Waals surface area contributed by atoms with E-state index in [-0.39, 0.29) is 15.9 Å². The van der Waals surface area contributed by atoms with Crippen LogP contribution in [-0.2, 0) is 23.5 Å². The third-order valence-corrected chi connectivity index (χ3v) is 5.07. The number of hydrogen-bond acceptors (Lipinski definition) is 4. The van der Waals surface area contributed by atoms with Crippen LogP contribution in [0.5, 0.6) is 0 Å². The molecule has 0 unspecified atom stereocenters. The number of nitrogens with one attached hydrogen (secondary N) is 1. The van der Waals surface area contributed by atoms with Gasteiger partial charge in [0.05, 0.1) is 4.90 Å². The fourth-order valence-corrected chi connectivity index (χ4v) is 3.68. The van der Waals surface area contributed by atoms with Gasteiger partial charge in [-0.25, -0.2) is 17.5 Å². The molecule has 108 valence electrons. The van der Waals surface area contributed by atoms with Crippen molar-refractivity contribution in [2.45, 2.75) is 11.3 Å². The highest BCUT2D eigenvalue weighted by atomic mass is 79.9. The number of aromatic nitrogens is 3. The van der Waals surface area contributed by atoms with Gasteiger partial charge in [-0.05, 0) is 34.1 Å². The lowest BCUT2D eigenvalue weighted by Gasteiger charge is -2.08. The summed E-state index contributed by atoms with van der Waals surface area (Å²) in [6, 6.07) is 3.42. The zero-order valence-electron chi connectivity index (χ0n) is 10.5. The standard InChI is InChI=1S/C11H12BrFN4O2S/c1-17-7-14-16-11(17)4-5-15-20(18,19)10-3-2-8(13)6-9(10)12/h2-3,6-7,15H,4-5H2,1H3. The molecule has 0 spiro atoms. The van der Waals surface area contributed by atoms with Gasteiger partial charge in [0.1, 0.15) is 18.0 Å². The van der Waals surface area contributed by atoms with Crippen LogP contribution in [0.15, 0.2) is 33.9 Å². The molecule has 20 heavy (non-hydrogen) atoms. The maximum atomic E-state index is 13.0. The summed E-state index contributed by atoms with van der Waals surface area (Å²) in [7, 11) is -1.92. The molecule has 1 heterocycles. The van der Waals surface area contributed by atoms with Crippen molar-refractivity contribution in [3.05, 3.63) is 40.6 Å². The van der Waals surface area contributed by atoms with E-state index in [2.05, 4.69) is 30.8 Å². The summed E-state index contributed by atoms with van der Waals surface area (Å²) in [5, 5.41) is 7.56. The molecular weight excluding hydrogens is 351 g/mol. The maximum Gasteiger partial charge on any atom is 0.241 e. The fraction of sp³-hybridized carbons (Fsp3) is 0.273. The van der Waals surface area contributed by atoms with Gasteiger partial charge in [0.15, 0.2) is 0 Å². The molecule has 1 aromatic heterocycles. The van der Waals surface area contributed by atoms with Crippen LogP contribution in [0.25, 0.3) is 0 Å². The van der Waals surface area contributed by atoms with E-state index < -0.39 is 15.8 Å². The molecule has 0 atom stereocenters. The third kappa shape index (κ3) is 3.41. The molecule has 0 aliphatic heterocycles. The van der Waals surface area contributed by atoms with Crippen LogP contribution >= 0.6 is 15.9 Å². The predicted molar refractivity (Wildman–Crippen MR) is 74.0 cm³/mol. The molecule has 0 aliphatic rings. The minimum absolute atomic E-state index is 0.00290. The average molecular weight is 363 g/mol. The van der Waals surface area contributed by atoms with Crippen molar-refractivity contribution >= 4 is 26.0 Å². The fourth-order valence-electron chi connectivity index (χ4n) is 1.60. The summed E-state index contributed by atoms with van der Waals surface area (Å²) in [6.45, 7) is 0.179. The monoisotopic (exact) mass is 362 g/mol. The van der Waals surface area contributed by atoms with Gasteiger partial charge in [-0.1, -0.05) is 0 Å². The van der Waals surface area contributed by atoms with Gasteiger partial charge in [0, 0.05) is 24.5 Å². The molecule has 0 amide bonds. The minimum atomic E-state index is -3.69. The first-order valence-corrected chi connectivity index (χ1v) is 7.95. The SMILES string of the molecule is Cn1cnnc1CCNS(=O)(=O)c1ccc(F)cc1Br. The predicted octanol–water partition coefficient (Wildman–Crippen LogP) is 1.24. The van der Waals surface area contributed by atoms with E-state index in [1.54, 1.807) is 17.9 Å². The Balaban J connectivity index is 2.06. The van der Waals surface area contributed by atoms with E-state index >= 15 is 0 Å². The second kappa shape index (κ2) is 5.98. The van der Waals surface area contributed by atoms with Crippen molar-refractivity contribution in [1.29, 1.82) is 0 Å². The topological polar surface area (TPSA) is 76.9 Å². The Kier molecular flexibility index (Phi) is 4.51. The second-order valence-corrected chi connectivity index (χ2v) is 6.67. The van der Waals surface area contributed by atoms with Crippen molar-refractivity contribution in [3.63, 3.8) is 0 Å². The van der Waals surface area contributed by atoms with Gasteiger partial charge in [0.2, 0.25) is 10.0 Å². The Morgan fingerprint density at radius 3 is 2.80 bits per heavy atom. The molecule has 0 radical (unpaired) electrons. The van der Waals surface area contributed by atoms with E-state index in [4.69, 9.17) is 0 Å². The smallest absolute Gasteiger partial charge is 0.241 e. The van der Waals surface area contributed by atoms with Crippen LogP contribution < -0.4 is 4.72 Å². The first-order chi connectivity index (χ1) is 9.40. The van der Waals surface area contributed by atoms with E-state index in [9.17, 15) is 12.8 Å². The number of aryl methyl sites for hydroxylation is 1. The Labute approximate surface area is 124 Å². The highest BCUT2D eigenvalue weighted by molar-refractivity contribution is 9.10. The van der Waals surface area contributed by atoms with Gasteiger partial charge < -0.3 is 4.57 Å². The number of rotatable bonds is 5. The summed E-state index contributed by atoms with van der Waals surface area (Å²) in [5.41, 5.74) is 0. The molecule has 2 rings (SSSR count). The zero-order chi connectivity index (χ0) is 14.8. The summed E-state index contributed by atoms with van der Waals surface area (Å²) in [4.78, 5) is -0.00290. The maximum absolute atomic E-state index is 13.0. The number of sulfonamides is 1. The number of benzene rings is 1. The van der Waals surface area contributed by atoms with Gasteiger partial charge in [-0.3, -0.25) is 0 Å². The highest BCUT2D eigenvalue weighted by Crippen LogP contribution is 2.22. The zero-order valence-corrected chi connectivity index (χ0v) is 12.9. The van der Waals surface area contributed by atoms with Crippen LogP contribution in [0.3, 0.4) is 0 Å². The van der Waals surface area contributed by atoms with Gasteiger partial charge in [0.25, 0.3) is 0 Å². The molecule has 0 aliphatic carbocycles. The Bertz CT molecular complexity index is 717. The lowest BCUT2D eigenvalue weighted by atomic mass is 10.3. The van der Waals surface area contributed by atoms with E-state index in [0.717, 1.165) is 12.1 Å². The lowest BCUT2D eigenvalue weighted by Crippen LogP contribution is -2.27. The van der Waals surface area contributed by atoms with Crippen molar-refractivity contribution in [3.8, 4) is 0 Å². The van der Waals surface area contributed by atoms with Crippen LogP contribution in [0.4, 0.5) is 4.39 Å². The largest absolute Gasteiger partial charge is 0.321 e. The van der Waals surface area contributed by atoms with Crippen molar-refractivity contribution in [2.75, 3.05) is 6.54 Å². The number of halogens is 2. The molecule has 0 saturated carbocycles. The van der Waals surface area contributed by atoms with Gasteiger partial charge in [-0.15, -0.1) is 10.2 Å². The Morgan fingerprint density at radius 1 is 1.45 bits per heavy atom. The van der Waals surface area contributed by atoms with Gasteiger partial charge in [-0.2, -0.15) is 0 Å². The lowest BCUT2D eigenvalue weighted by molar-refractivity contribution is 0.578. The molecule has 0 bridgehead atoms. The first-order valence-electron chi connectivity index (χ1n) is 5.68. The van der Waals surface area contributed by atoms with Crippen molar-refractivity contribution < 1.29 is 12.8 Å². The van der Waals surface area contributed by atoms with E-state index in [1.165, 1.54) is 6.07 Å². The highest BCUT2D eigenvalue weighted by Gasteiger charge is 2.17.